The van der Waals surface area contributed by atoms with E-state index in [0.29, 0.717) is 11.1 Å². The summed E-state index contributed by atoms with van der Waals surface area (Å²) in [5.74, 6) is 2.30. The largest absolute Gasteiger partial charge is 0.339 e. The normalized spacial score (nSPS) is 13.4. The minimum Gasteiger partial charge on any atom is -0.339 e. The van der Waals surface area contributed by atoms with Gasteiger partial charge in [-0.25, -0.2) is 0 Å². The summed E-state index contributed by atoms with van der Waals surface area (Å²) in [7, 11) is 0. The van der Waals surface area contributed by atoms with E-state index >= 15 is 0 Å². The Morgan fingerprint density at radius 1 is 1.40 bits per heavy atom. The lowest BCUT2D eigenvalue weighted by atomic mass is 10.2. The Balaban J connectivity index is 2.35. The lowest BCUT2D eigenvalue weighted by Crippen LogP contribution is -2.15. The molecule has 0 saturated heterocycles. The molecule has 0 aliphatic heterocycles. The molecule has 86 valence electrons. The van der Waals surface area contributed by atoms with E-state index < -0.39 is 0 Å². The van der Waals surface area contributed by atoms with Crippen molar-refractivity contribution in [1.29, 1.82) is 0 Å². The maximum Gasteiger partial charge on any atom is 0.226 e. The third kappa shape index (κ3) is 5.18. The molecule has 0 radical (unpaired) electrons. The van der Waals surface area contributed by atoms with Gasteiger partial charge in [0.15, 0.2) is 5.82 Å². The number of rotatable bonds is 6. The van der Waals surface area contributed by atoms with Crippen molar-refractivity contribution in [2.24, 2.45) is 5.73 Å². The molecular formula is C10H19N3OS. The van der Waals surface area contributed by atoms with Gasteiger partial charge in [-0.1, -0.05) is 19.0 Å². The monoisotopic (exact) mass is 229 g/mol. The molecule has 0 bridgehead atoms. The van der Waals surface area contributed by atoms with Crippen molar-refractivity contribution in [1.82, 2.24) is 10.1 Å². The molecule has 1 atom stereocenters. The van der Waals surface area contributed by atoms with Gasteiger partial charge in [0.05, 0.1) is 5.75 Å². The standard InChI is InChI=1S/C10H19N3OS/c1-7(2)15-6-9-12-10(14-13-9)5-4-8(3)11/h7-8H,4-6,11H2,1-3H3. The highest BCUT2D eigenvalue weighted by Crippen LogP contribution is 2.15. The zero-order valence-electron chi connectivity index (χ0n) is 9.56. The topological polar surface area (TPSA) is 64.9 Å². The van der Waals surface area contributed by atoms with Crippen molar-refractivity contribution in [3.8, 4) is 0 Å². The molecule has 0 spiro atoms. The maximum absolute atomic E-state index is 5.65. The summed E-state index contributed by atoms with van der Waals surface area (Å²) in [5.41, 5.74) is 5.65. The molecule has 5 heteroatoms. The van der Waals surface area contributed by atoms with Crippen LogP contribution < -0.4 is 5.73 Å². The van der Waals surface area contributed by atoms with E-state index in [4.69, 9.17) is 10.3 Å². The second-order valence-corrected chi connectivity index (χ2v) is 5.54. The predicted molar refractivity (Wildman–Crippen MR) is 62.7 cm³/mol. The maximum atomic E-state index is 5.65. The fraction of sp³-hybridized carbons (Fsp3) is 0.800. The fourth-order valence-corrected chi connectivity index (χ4v) is 1.64. The van der Waals surface area contributed by atoms with Crippen LogP contribution in [0.2, 0.25) is 0 Å². The van der Waals surface area contributed by atoms with E-state index in [-0.39, 0.29) is 6.04 Å². The Morgan fingerprint density at radius 2 is 2.13 bits per heavy atom. The fourth-order valence-electron chi connectivity index (χ4n) is 1.04. The number of nitrogens with zero attached hydrogens (tertiary/aromatic N) is 2. The van der Waals surface area contributed by atoms with Gasteiger partial charge in [-0.05, 0) is 18.6 Å². The van der Waals surface area contributed by atoms with Gasteiger partial charge in [0, 0.05) is 12.5 Å². The van der Waals surface area contributed by atoms with Gasteiger partial charge in [-0.2, -0.15) is 16.7 Å². The Labute approximate surface area is 95.0 Å². The molecule has 0 aromatic carbocycles. The first-order valence-corrected chi connectivity index (χ1v) is 6.31. The van der Waals surface area contributed by atoms with E-state index in [1.54, 1.807) is 0 Å². The SMILES string of the molecule is CC(N)CCc1nc(CSC(C)C)no1. The molecule has 15 heavy (non-hydrogen) atoms. The van der Waals surface area contributed by atoms with E-state index in [0.717, 1.165) is 24.4 Å². The summed E-state index contributed by atoms with van der Waals surface area (Å²) in [4.78, 5) is 4.30. The van der Waals surface area contributed by atoms with Crippen LogP contribution in [0.3, 0.4) is 0 Å². The van der Waals surface area contributed by atoms with Gasteiger partial charge >= 0.3 is 0 Å². The van der Waals surface area contributed by atoms with Gasteiger partial charge < -0.3 is 10.3 Å². The molecule has 1 rings (SSSR count). The number of thioether (sulfide) groups is 1. The van der Waals surface area contributed by atoms with Crippen LogP contribution in [0.15, 0.2) is 4.52 Å². The highest BCUT2D eigenvalue weighted by atomic mass is 32.2. The van der Waals surface area contributed by atoms with Crippen LogP contribution in [0.4, 0.5) is 0 Å². The lowest BCUT2D eigenvalue weighted by molar-refractivity contribution is 0.368. The summed E-state index contributed by atoms with van der Waals surface area (Å²) in [5, 5.41) is 4.51. The second kappa shape index (κ2) is 6.12. The first kappa shape index (κ1) is 12.5. The highest BCUT2D eigenvalue weighted by molar-refractivity contribution is 7.99. The van der Waals surface area contributed by atoms with Crippen molar-refractivity contribution < 1.29 is 4.52 Å². The third-order valence-corrected chi connectivity index (χ3v) is 2.96. The lowest BCUT2D eigenvalue weighted by Gasteiger charge is -2.00. The molecule has 0 fully saturated rings. The molecule has 2 N–H and O–H groups in total. The van der Waals surface area contributed by atoms with Crippen LogP contribution in [0.25, 0.3) is 0 Å². The second-order valence-electron chi connectivity index (χ2n) is 3.98. The first-order valence-electron chi connectivity index (χ1n) is 5.26. The summed E-state index contributed by atoms with van der Waals surface area (Å²) >= 11 is 1.81. The summed E-state index contributed by atoms with van der Waals surface area (Å²) in [6.45, 7) is 6.29. The quantitative estimate of drug-likeness (QED) is 0.808. The van der Waals surface area contributed by atoms with Crippen LogP contribution in [0, 0.1) is 0 Å². The molecule has 1 aromatic heterocycles. The summed E-state index contributed by atoms with van der Waals surface area (Å²) in [6, 6.07) is 0.186. The van der Waals surface area contributed by atoms with Gasteiger partial charge in [-0.15, -0.1) is 0 Å². The average Bonchev–Trinajstić information content (AvgIpc) is 2.59. The van der Waals surface area contributed by atoms with Crippen molar-refractivity contribution in [2.75, 3.05) is 0 Å². The molecule has 0 aliphatic rings. The van der Waals surface area contributed by atoms with E-state index in [1.165, 1.54) is 0 Å². The highest BCUT2D eigenvalue weighted by Gasteiger charge is 2.07. The third-order valence-electron chi connectivity index (χ3n) is 1.87. The number of aromatic nitrogens is 2. The number of hydrogen-bond acceptors (Lipinski definition) is 5. The van der Waals surface area contributed by atoms with Gasteiger partial charge in [0.1, 0.15) is 0 Å². The Bertz CT molecular complexity index is 259. The van der Waals surface area contributed by atoms with Crippen LogP contribution in [0.1, 0.15) is 38.9 Å². The van der Waals surface area contributed by atoms with E-state index in [9.17, 15) is 0 Å². The minimum atomic E-state index is 0.186. The number of aryl methyl sites for hydroxylation is 1. The van der Waals surface area contributed by atoms with Crippen LogP contribution in [-0.4, -0.2) is 21.4 Å². The average molecular weight is 229 g/mol. The first-order chi connectivity index (χ1) is 7.08. The summed E-state index contributed by atoms with van der Waals surface area (Å²) < 4.78 is 5.12. The molecule has 0 amide bonds. The van der Waals surface area contributed by atoms with E-state index in [1.807, 2.05) is 18.7 Å². The van der Waals surface area contributed by atoms with Crippen LogP contribution in [-0.2, 0) is 12.2 Å². The van der Waals surface area contributed by atoms with Crippen molar-refractivity contribution in [3.05, 3.63) is 11.7 Å². The predicted octanol–water partition coefficient (Wildman–Crippen LogP) is 1.99. The van der Waals surface area contributed by atoms with E-state index in [2.05, 4.69) is 24.0 Å². The molecule has 4 nitrogen and oxygen atoms in total. The molecule has 0 saturated carbocycles. The molecule has 1 heterocycles. The zero-order chi connectivity index (χ0) is 11.3. The smallest absolute Gasteiger partial charge is 0.226 e. The van der Waals surface area contributed by atoms with Gasteiger partial charge in [-0.3, -0.25) is 0 Å². The molecule has 1 unspecified atom stereocenters. The number of hydrogen-bond donors (Lipinski definition) is 1. The van der Waals surface area contributed by atoms with Crippen LogP contribution in [0.5, 0.6) is 0 Å². The van der Waals surface area contributed by atoms with Crippen LogP contribution >= 0.6 is 11.8 Å². The Morgan fingerprint density at radius 3 is 2.73 bits per heavy atom. The van der Waals surface area contributed by atoms with Gasteiger partial charge in [0.2, 0.25) is 5.89 Å². The summed E-state index contributed by atoms with van der Waals surface area (Å²) in [6.07, 6.45) is 1.66. The van der Waals surface area contributed by atoms with Gasteiger partial charge in [0.25, 0.3) is 0 Å². The zero-order valence-corrected chi connectivity index (χ0v) is 10.4. The minimum absolute atomic E-state index is 0.186. The molecule has 0 aliphatic carbocycles. The Hall–Kier alpha value is -0.550. The molecule has 1 aromatic rings. The number of nitrogens with two attached hydrogens (primary N) is 1. The van der Waals surface area contributed by atoms with Crippen molar-refractivity contribution in [2.45, 2.75) is 50.7 Å². The van der Waals surface area contributed by atoms with Crippen molar-refractivity contribution >= 4 is 11.8 Å². The Kier molecular flexibility index (Phi) is 5.11. The van der Waals surface area contributed by atoms with Crippen molar-refractivity contribution in [3.63, 3.8) is 0 Å². The molecular weight excluding hydrogens is 210 g/mol.